The first-order chi connectivity index (χ1) is 7.54. The second-order valence-electron chi connectivity index (χ2n) is 3.98. The molecule has 1 aromatic rings. The summed E-state index contributed by atoms with van der Waals surface area (Å²) in [5.41, 5.74) is 1.94. The van der Waals surface area contributed by atoms with Crippen LogP contribution in [0.1, 0.15) is 30.9 Å². The number of hydrogen-bond donors (Lipinski definition) is 0. The molecule has 4 heteroatoms. The molecule has 0 N–H and O–H groups in total. The normalized spacial score (nSPS) is 12.4. The molecule has 0 bridgehead atoms. The average molecular weight is 242 g/mol. The smallest absolute Gasteiger partial charge is 0.258 e. The summed E-state index contributed by atoms with van der Waals surface area (Å²) in [6.45, 7) is 3.98. The van der Waals surface area contributed by atoms with Gasteiger partial charge in [-0.1, -0.05) is 25.0 Å². The Morgan fingerprint density at radius 1 is 1.50 bits per heavy atom. The van der Waals surface area contributed by atoms with E-state index in [0.717, 1.165) is 24.0 Å². The molecule has 16 heavy (non-hydrogen) atoms. The number of hydrogen-bond acceptors (Lipinski definition) is 2. The van der Waals surface area contributed by atoms with Gasteiger partial charge < -0.3 is 0 Å². The zero-order valence-corrected chi connectivity index (χ0v) is 10.3. The Balaban J connectivity index is 2.92. The highest BCUT2D eigenvalue weighted by atomic mass is 35.5. The van der Waals surface area contributed by atoms with Gasteiger partial charge in [-0.25, -0.2) is 0 Å². The summed E-state index contributed by atoms with van der Waals surface area (Å²) in [7, 11) is 0. The number of nitro benzene ring substituents is 1. The molecule has 0 saturated carbocycles. The summed E-state index contributed by atoms with van der Waals surface area (Å²) in [4.78, 5) is 10.5. The van der Waals surface area contributed by atoms with E-state index >= 15 is 0 Å². The van der Waals surface area contributed by atoms with Gasteiger partial charge in [-0.15, -0.1) is 11.6 Å². The third-order valence-electron chi connectivity index (χ3n) is 2.48. The van der Waals surface area contributed by atoms with Crippen molar-refractivity contribution in [2.45, 2.75) is 38.5 Å². The van der Waals surface area contributed by atoms with Crippen molar-refractivity contribution in [3.63, 3.8) is 0 Å². The lowest BCUT2D eigenvalue weighted by atomic mass is 10.0. The molecular weight excluding hydrogens is 226 g/mol. The van der Waals surface area contributed by atoms with Gasteiger partial charge in [0.1, 0.15) is 0 Å². The number of halogens is 1. The maximum Gasteiger partial charge on any atom is 0.272 e. The average Bonchev–Trinajstić information content (AvgIpc) is 2.17. The molecule has 0 radical (unpaired) electrons. The molecule has 0 aliphatic carbocycles. The maximum atomic E-state index is 10.8. The van der Waals surface area contributed by atoms with Crippen LogP contribution in [0.5, 0.6) is 0 Å². The lowest BCUT2D eigenvalue weighted by molar-refractivity contribution is -0.385. The standard InChI is InChI=1S/C12H16ClNO2/c1-3-4-11(13)8-10-7-9(2)5-6-12(10)14(15)16/h5-7,11H,3-4,8H2,1-2H3. The highest BCUT2D eigenvalue weighted by Gasteiger charge is 2.16. The van der Waals surface area contributed by atoms with Crippen molar-refractivity contribution in [3.8, 4) is 0 Å². The van der Waals surface area contributed by atoms with Crippen molar-refractivity contribution in [1.29, 1.82) is 0 Å². The molecular formula is C12H16ClNO2. The SMILES string of the molecule is CCCC(Cl)Cc1cc(C)ccc1[N+](=O)[O-]. The fourth-order valence-electron chi connectivity index (χ4n) is 1.71. The van der Waals surface area contributed by atoms with Gasteiger partial charge in [0.05, 0.1) is 4.92 Å². The fourth-order valence-corrected chi connectivity index (χ4v) is 2.09. The minimum Gasteiger partial charge on any atom is -0.258 e. The van der Waals surface area contributed by atoms with E-state index in [1.807, 2.05) is 13.0 Å². The summed E-state index contributed by atoms with van der Waals surface area (Å²) < 4.78 is 0. The van der Waals surface area contributed by atoms with Crippen molar-refractivity contribution in [2.75, 3.05) is 0 Å². The van der Waals surface area contributed by atoms with Gasteiger partial charge in [0, 0.05) is 17.0 Å². The van der Waals surface area contributed by atoms with Crippen LogP contribution < -0.4 is 0 Å². The molecule has 1 atom stereocenters. The molecule has 1 aromatic carbocycles. The monoisotopic (exact) mass is 241 g/mol. The van der Waals surface area contributed by atoms with Crippen molar-refractivity contribution >= 4 is 17.3 Å². The Kier molecular flexibility index (Phi) is 4.74. The predicted molar refractivity (Wildman–Crippen MR) is 66.1 cm³/mol. The zero-order chi connectivity index (χ0) is 12.1. The Bertz CT molecular complexity index is 379. The van der Waals surface area contributed by atoms with E-state index in [2.05, 4.69) is 6.92 Å². The van der Waals surface area contributed by atoms with Crippen LogP contribution in [-0.2, 0) is 6.42 Å². The van der Waals surface area contributed by atoms with E-state index in [1.165, 1.54) is 0 Å². The molecule has 0 fully saturated rings. The number of alkyl halides is 1. The fraction of sp³-hybridized carbons (Fsp3) is 0.500. The van der Waals surface area contributed by atoms with Crippen molar-refractivity contribution < 1.29 is 4.92 Å². The molecule has 0 amide bonds. The Morgan fingerprint density at radius 2 is 2.19 bits per heavy atom. The van der Waals surface area contributed by atoms with Crippen molar-refractivity contribution in [3.05, 3.63) is 39.4 Å². The van der Waals surface area contributed by atoms with Crippen LogP contribution in [0.2, 0.25) is 0 Å². The highest BCUT2D eigenvalue weighted by Crippen LogP contribution is 2.23. The van der Waals surface area contributed by atoms with Gasteiger partial charge in [-0.3, -0.25) is 10.1 Å². The molecule has 3 nitrogen and oxygen atoms in total. The largest absolute Gasteiger partial charge is 0.272 e. The number of nitrogens with zero attached hydrogens (tertiary/aromatic N) is 1. The number of rotatable bonds is 5. The quantitative estimate of drug-likeness (QED) is 0.446. The minimum absolute atomic E-state index is 0.0227. The number of nitro groups is 1. The molecule has 1 rings (SSSR count). The van der Waals surface area contributed by atoms with Gasteiger partial charge >= 0.3 is 0 Å². The summed E-state index contributed by atoms with van der Waals surface area (Å²) in [5, 5.41) is 10.8. The predicted octanol–water partition coefficient (Wildman–Crippen LogP) is 3.85. The van der Waals surface area contributed by atoms with Gasteiger partial charge in [-0.2, -0.15) is 0 Å². The van der Waals surface area contributed by atoms with Crippen molar-refractivity contribution in [1.82, 2.24) is 0 Å². The first kappa shape index (κ1) is 13.0. The van der Waals surface area contributed by atoms with E-state index in [1.54, 1.807) is 12.1 Å². The zero-order valence-electron chi connectivity index (χ0n) is 9.57. The van der Waals surface area contributed by atoms with Crippen LogP contribution >= 0.6 is 11.6 Å². The van der Waals surface area contributed by atoms with Crippen LogP contribution in [0.25, 0.3) is 0 Å². The van der Waals surface area contributed by atoms with Gasteiger partial charge in [0.25, 0.3) is 5.69 Å². The van der Waals surface area contributed by atoms with E-state index in [0.29, 0.717) is 6.42 Å². The summed E-state index contributed by atoms with van der Waals surface area (Å²) in [5.74, 6) is 0. The van der Waals surface area contributed by atoms with Crippen LogP contribution in [-0.4, -0.2) is 10.3 Å². The first-order valence-electron chi connectivity index (χ1n) is 5.42. The molecule has 0 aromatic heterocycles. The minimum atomic E-state index is -0.343. The van der Waals surface area contributed by atoms with Gasteiger partial charge in [0.15, 0.2) is 0 Å². The van der Waals surface area contributed by atoms with E-state index in [9.17, 15) is 10.1 Å². The van der Waals surface area contributed by atoms with Gasteiger partial charge in [0.2, 0.25) is 0 Å². The Morgan fingerprint density at radius 3 is 2.75 bits per heavy atom. The molecule has 1 unspecified atom stereocenters. The van der Waals surface area contributed by atoms with E-state index < -0.39 is 0 Å². The third kappa shape index (κ3) is 3.49. The van der Waals surface area contributed by atoms with Gasteiger partial charge in [-0.05, 0) is 25.8 Å². The van der Waals surface area contributed by atoms with Crippen molar-refractivity contribution in [2.24, 2.45) is 0 Å². The summed E-state index contributed by atoms with van der Waals surface area (Å²) >= 11 is 6.12. The maximum absolute atomic E-state index is 10.8. The van der Waals surface area contributed by atoms with E-state index in [-0.39, 0.29) is 16.0 Å². The third-order valence-corrected chi connectivity index (χ3v) is 2.85. The summed E-state index contributed by atoms with van der Waals surface area (Å²) in [6, 6.07) is 5.16. The molecule has 0 heterocycles. The first-order valence-corrected chi connectivity index (χ1v) is 5.86. The molecule has 0 aliphatic rings. The second kappa shape index (κ2) is 5.85. The van der Waals surface area contributed by atoms with Crippen LogP contribution in [0.15, 0.2) is 18.2 Å². The van der Waals surface area contributed by atoms with Crippen LogP contribution in [0.4, 0.5) is 5.69 Å². The van der Waals surface area contributed by atoms with E-state index in [4.69, 9.17) is 11.6 Å². The second-order valence-corrected chi connectivity index (χ2v) is 4.60. The molecule has 88 valence electrons. The molecule has 0 saturated heterocycles. The lowest BCUT2D eigenvalue weighted by Gasteiger charge is -2.09. The lowest BCUT2D eigenvalue weighted by Crippen LogP contribution is -2.05. The Hall–Kier alpha value is -1.09. The number of benzene rings is 1. The Labute approximate surface area is 101 Å². The van der Waals surface area contributed by atoms with Crippen LogP contribution in [0, 0.1) is 17.0 Å². The topological polar surface area (TPSA) is 43.1 Å². The molecule has 0 spiro atoms. The number of aryl methyl sites for hydroxylation is 1. The summed E-state index contributed by atoms with van der Waals surface area (Å²) in [6.07, 6.45) is 2.44. The van der Waals surface area contributed by atoms with Crippen LogP contribution in [0.3, 0.4) is 0 Å². The molecule has 0 aliphatic heterocycles. The highest BCUT2D eigenvalue weighted by molar-refractivity contribution is 6.20.